The van der Waals surface area contributed by atoms with E-state index in [0.717, 1.165) is 22.6 Å². The van der Waals surface area contributed by atoms with Gasteiger partial charge in [0.1, 0.15) is 11.4 Å². The van der Waals surface area contributed by atoms with Crippen molar-refractivity contribution in [1.82, 2.24) is 10.2 Å². The lowest BCUT2D eigenvalue weighted by Crippen LogP contribution is -1.94. The number of nitrogens with zero attached hydrogens (tertiary/aromatic N) is 1. The Balaban J connectivity index is 2.42. The fraction of sp³-hybridized carbons (Fsp3) is 0.231. The monoisotopic (exact) mass is 230 g/mol. The number of hydrogen-bond donors (Lipinski definition) is 1. The first-order valence-electron chi connectivity index (χ1n) is 5.34. The topological polar surface area (TPSA) is 55.0 Å². The molecule has 1 heterocycles. The van der Waals surface area contributed by atoms with Crippen LogP contribution in [0.1, 0.15) is 23.0 Å². The fourth-order valence-electron chi connectivity index (χ4n) is 1.77. The van der Waals surface area contributed by atoms with Gasteiger partial charge in [0.2, 0.25) is 0 Å². The van der Waals surface area contributed by atoms with Crippen LogP contribution in [0.5, 0.6) is 5.75 Å². The highest BCUT2D eigenvalue weighted by molar-refractivity contribution is 5.95. The Morgan fingerprint density at radius 2 is 1.94 bits per heavy atom. The summed E-state index contributed by atoms with van der Waals surface area (Å²) in [7, 11) is 1.63. The van der Waals surface area contributed by atoms with Crippen molar-refractivity contribution >= 4 is 5.78 Å². The van der Waals surface area contributed by atoms with Gasteiger partial charge in [-0.2, -0.15) is 5.10 Å². The quantitative estimate of drug-likeness (QED) is 0.824. The largest absolute Gasteiger partial charge is 0.497 e. The number of aromatic amines is 1. The molecular weight excluding hydrogens is 216 g/mol. The second-order valence-electron chi connectivity index (χ2n) is 3.86. The van der Waals surface area contributed by atoms with Gasteiger partial charge in [0, 0.05) is 18.1 Å². The number of hydrogen-bond acceptors (Lipinski definition) is 3. The van der Waals surface area contributed by atoms with Crippen molar-refractivity contribution in [2.75, 3.05) is 7.11 Å². The average Bonchev–Trinajstić information content (AvgIpc) is 2.71. The van der Waals surface area contributed by atoms with Crippen LogP contribution in [0.2, 0.25) is 0 Å². The molecule has 1 aromatic carbocycles. The molecule has 0 spiro atoms. The second-order valence-corrected chi connectivity index (χ2v) is 3.86. The minimum Gasteiger partial charge on any atom is -0.497 e. The zero-order valence-corrected chi connectivity index (χ0v) is 10.1. The minimum atomic E-state index is -0.00485. The summed E-state index contributed by atoms with van der Waals surface area (Å²) >= 11 is 0. The van der Waals surface area contributed by atoms with Gasteiger partial charge >= 0.3 is 0 Å². The number of rotatable bonds is 3. The van der Waals surface area contributed by atoms with Gasteiger partial charge < -0.3 is 4.74 Å². The van der Waals surface area contributed by atoms with E-state index in [1.54, 1.807) is 7.11 Å². The molecule has 0 unspecified atom stereocenters. The molecule has 1 aromatic heterocycles. The molecule has 0 aliphatic rings. The molecule has 0 aliphatic carbocycles. The average molecular weight is 230 g/mol. The third-order valence-corrected chi connectivity index (χ3v) is 2.73. The molecule has 2 rings (SSSR count). The van der Waals surface area contributed by atoms with Crippen LogP contribution in [-0.2, 0) is 0 Å². The van der Waals surface area contributed by atoms with E-state index in [1.807, 2.05) is 31.2 Å². The smallest absolute Gasteiger partial charge is 0.177 e. The third-order valence-electron chi connectivity index (χ3n) is 2.73. The van der Waals surface area contributed by atoms with Gasteiger partial charge in [-0.3, -0.25) is 9.89 Å². The zero-order valence-electron chi connectivity index (χ0n) is 10.1. The lowest BCUT2D eigenvalue weighted by atomic mass is 10.1. The van der Waals surface area contributed by atoms with Gasteiger partial charge in [-0.05, 0) is 31.2 Å². The van der Waals surface area contributed by atoms with Crippen LogP contribution < -0.4 is 4.74 Å². The number of ketones is 1. The van der Waals surface area contributed by atoms with Gasteiger partial charge in [-0.25, -0.2) is 0 Å². The maximum atomic E-state index is 11.3. The van der Waals surface area contributed by atoms with E-state index in [1.165, 1.54) is 6.92 Å². The number of nitrogens with one attached hydrogen (secondary N) is 1. The molecule has 4 nitrogen and oxygen atoms in total. The number of H-pyrrole nitrogens is 1. The van der Waals surface area contributed by atoms with Gasteiger partial charge in [-0.1, -0.05) is 0 Å². The fourth-order valence-corrected chi connectivity index (χ4v) is 1.77. The number of Topliss-reactive ketones (excluding diaryl/α,β-unsaturated/α-hetero) is 1. The molecular formula is C13H14N2O2. The van der Waals surface area contributed by atoms with Crippen LogP contribution >= 0.6 is 0 Å². The van der Waals surface area contributed by atoms with Crippen molar-refractivity contribution in [3.63, 3.8) is 0 Å². The number of carbonyl (C=O) groups excluding carboxylic acids is 1. The Bertz CT molecular complexity index is 541. The van der Waals surface area contributed by atoms with Crippen molar-refractivity contribution in [3.05, 3.63) is 35.5 Å². The molecule has 4 heteroatoms. The van der Waals surface area contributed by atoms with Gasteiger partial charge in [0.25, 0.3) is 0 Å². The van der Waals surface area contributed by atoms with Crippen LogP contribution in [0.15, 0.2) is 24.3 Å². The number of carbonyl (C=O) groups is 1. The van der Waals surface area contributed by atoms with Crippen LogP contribution in [0.3, 0.4) is 0 Å². The summed E-state index contributed by atoms with van der Waals surface area (Å²) in [5.41, 5.74) is 3.21. The van der Waals surface area contributed by atoms with Crippen molar-refractivity contribution in [1.29, 1.82) is 0 Å². The van der Waals surface area contributed by atoms with Crippen LogP contribution in [0.4, 0.5) is 0 Å². The summed E-state index contributed by atoms with van der Waals surface area (Å²) in [4.78, 5) is 11.3. The predicted molar refractivity (Wildman–Crippen MR) is 65.3 cm³/mol. The Kier molecular flexibility index (Phi) is 2.95. The summed E-state index contributed by atoms with van der Waals surface area (Å²) in [6.45, 7) is 3.41. The predicted octanol–water partition coefficient (Wildman–Crippen LogP) is 2.60. The third kappa shape index (κ3) is 2.06. The first-order chi connectivity index (χ1) is 8.13. The highest BCUT2D eigenvalue weighted by atomic mass is 16.5. The molecule has 0 saturated carbocycles. The summed E-state index contributed by atoms with van der Waals surface area (Å²) in [5.74, 6) is 0.795. The lowest BCUT2D eigenvalue weighted by molar-refractivity contribution is 0.101. The first-order valence-corrected chi connectivity index (χ1v) is 5.34. The highest BCUT2D eigenvalue weighted by Crippen LogP contribution is 2.25. The molecule has 2 aromatic rings. The molecule has 17 heavy (non-hydrogen) atoms. The summed E-state index contributed by atoms with van der Waals surface area (Å²) < 4.78 is 5.10. The van der Waals surface area contributed by atoms with E-state index in [4.69, 9.17) is 4.74 Å². The van der Waals surface area contributed by atoms with E-state index in [2.05, 4.69) is 10.2 Å². The number of methoxy groups -OCH3 is 1. The number of ether oxygens (including phenoxy) is 1. The molecule has 0 radical (unpaired) electrons. The Morgan fingerprint density at radius 3 is 2.41 bits per heavy atom. The molecule has 0 aliphatic heterocycles. The van der Waals surface area contributed by atoms with E-state index >= 15 is 0 Å². The lowest BCUT2D eigenvalue weighted by Gasteiger charge is -2.01. The summed E-state index contributed by atoms with van der Waals surface area (Å²) in [6.07, 6.45) is 0. The summed E-state index contributed by atoms with van der Waals surface area (Å²) in [5, 5.41) is 6.95. The minimum absolute atomic E-state index is 0.00485. The zero-order chi connectivity index (χ0) is 12.4. The van der Waals surface area contributed by atoms with E-state index in [0.29, 0.717) is 5.69 Å². The maximum absolute atomic E-state index is 11.3. The highest BCUT2D eigenvalue weighted by Gasteiger charge is 2.13. The van der Waals surface area contributed by atoms with Crippen molar-refractivity contribution in [2.45, 2.75) is 13.8 Å². The van der Waals surface area contributed by atoms with Crippen molar-refractivity contribution in [3.8, 4) is 17.0 Å². The maximum Gasteiger partial charge on any atom is 0.177 e. The first kappa shape index (κ1) is 11.4. The standard InChI is InChI=1S/C13H14N2O2/c1-8-12(9(2)16)14-15-13(8)10-4-6-11(17-3)7-5-10/h4-7H,1-3H3,(H,14,15). The molecule has 88 valence electrons. The Labute approximate surface area is 99.6 Å². The van der Waals surface area contributed by atoms with Gasteiger partial charge in [-0.15, -0.1) is 0 Å². The molecule has 0 atom stereocenters. The second kappa shape index (κ2) is 4.41. The van der Waals surface area contributed by atoms with Crippen molar-refractivity contribution < 1.29 is 9.53 Å². The molecule has 0 saturated heterocycles. The van der Waals surface area contributed by atoms with Crippen LogP contribution in [0.25, 0.3) is 11.3 Å². The SMILES string of the molecule is COc1ccc(-c2n[nH]c(C(C)=O)c2C)cc1. The van der Waals surface area contributed by atoms with Gasteiger partial charge in [0.15, 0.2) is 5.78 Å². The summed E-state index contributed by atoms with van der Waals surface area (Å²) in [6, 6.07) is 7.59. The van der Waals surface area contributed by atoms with E-state index in [-0.39, 0.29) is 5.78 Å². The Morgan fingerprint density at radius 1 is 1.29 bits per heavy atom. The molecule has 0 bridgehead atoms. The van der Waals surface area contributed by atoms with Crippen LogP contribution in [-0.4, -0.2) is 23.1 Å². The molecule has 0 amide bonds. The molecule has 1 N–H and O–H groups in total. The van der Waals surface area contributed by atoms with Crippen molar-refractivity contribution in [2.24, 2.45) is 0 Å². The van der Waals surface area contributed by atoms with E-state index < -0.39 is 0 Å². The Hall–Kier alpha value is -2.10. The van der Waals surface area contributed by atoms with Gasteiger partial charge in [0.05, 0.1) is 12.8 Å². The number of benzene rings is 1. The van der Waals surface area contributed by atoms with Crippen LogP contribution in [0, 0.1) is 6.92 Å². The molecule has 0 fully saturated rings. The van der Waals surface area contributed by atoms with E-state index in [9.17, 15) is 4.79 Å². The normalized spacial score (nSPS) is 10.3. The number of aromatic nitrogens is 2.